The van der Waals surface area contributed by atoms with Crippen LogP contribution in [0.25, 0.3) is 0 Å². The zero-order valence-electron chi connectivity index (χ0n) is 8.66. The van der Waals surface area contributed by atoms with Crippen molar-refractivity contribution in [3.05, 3.63) is 12.3 Å². The molecule has 0 amide bonds. The standard InChI is InChI=1S/C10H17NO3/c1-8(10(12)13-2)11-7-9-5-3-4-6-14-9/h4,6,8-9,11H,3,5,7H2,1-2H3/t8-,9?/m0/s1. The van der Waals surface area contributed by atoms with Crippen LogP contribution in [0.4, 0.5) is 0 Å². The molecule has 0 aliphatic carbocycles. The van der Waals surface area contributed by atoms with Crippen molar-refractivity contribution in [3.63, 3.8) is 0 Å². The molecule has 1 rings (SSSR count). The maximum Gasteiger partial charge on any atom is 0.322 e. The van der Waals surface area contributed by atoms with E-state index in [1.807, 2.05) is 6.08 Å². The summed E-state index contributed by atoms with van der Waals surface area (Å²) in [4.78, 5) is 11.0. The van der Waals surface area contributed by atoms with Crippen molar-refractivity contribution >= 4 is 5.97 Å². The number of nitrogens with one attached hydrogen (secondary N) is 1. The number of methoxy groups -OCH3 is 1. The lowest BCUT2D eigenvalue weighted by atomic mass is 10.1. The summed E-state index contributed by atoms with van der Waals surface area (Å²) in [5.74, 6) is -0.239. The molecular weight excluding hydrogens is 182 g/mol. The van der Waals surface area contributed by atoms with Crippen LogP contribution >= 0.6 is 0 Å². The number of hydrogen-bond acceptors (Lipinski definition) is 4. The quantitative estimate of drug-likeness (QED) is 0.681. The van der Waals surface area contributed by atoms with Crippen LogP contribution in [0, 0.1) is 0 Å². The number of allylic oxidation sites excluding steroid dienone is 1. The third-order valence-electron chi connectivity index (χ3n) is 2.23. The van der Waals surface area contributed by atoms with Crippen LogP contribution in [-0.4, -0.2) is 31.8 Å². The number of carbonyl (C=O) groups is 1. The Labute approximate surface area is 84.3 Å². The van der Waals surface area contributed by atoms with E-state index in [0.717, 1.165) is 12.8 Å². The van der Waals surface area contributed by atoms with Crippen LogP contribution in [0.2, 0.25) is 0 Å². The van der Waals surface area contributed by atoms with Crippen molar-refractivity contribution in [2.45, 2.75) is 31.9 Å². The first-order valence-electron chi connectivity index (χ1n) is 4.85. The largest absolute Gasteiger partial charge is 0.497 e. The van der Waals surface area contributed by atoms with E-state index in [0.29, 0.717) is 6.54 Å². The topological polar surface area (TPSA) is 47.6 Å². The van der Waals surface area contributed by atoms with Gasteiger partial charge in [-0.3, -0.25) is 4.79 Å². The molecule has 0 saturated heterocycles. The summed E-state index contributed by atoms with van der Waals surface area (Å²) in [7, 11) is 1.39. The lowest BCUT2D eigenvalue weighted by molar-refractivity contribution is -0.142. The van der Waals surface area contributed by atoms with Crippen molar-refractivity contribution < 1.29 is 14.3 Å². The van der Waals surface area contributed by atoms with Crippen molar-refractivity contribution in [3.8, 4) is 0 Å². The summed E-state index contributed by atoms with van der Waals surface area (Å²) in [6.07, 6.45) is 5.93. The van der Waals surface area contributed by atoms with Gasteiger partial charge in [0.05, 0.1) is 13.4 Å². The molecular formula is C10H17NO3. The van der Waals surface area contributed by atoms with Gasteiger partial charge in [0.1, 0.15) is 12.1 Å². The highest BCUT2D eigenvalue weighted by molar-refractivity contribution is 5.75. The highest BCUT2D eigenvalue weighted by Gasteiger charge is 2.16. The van der Waals surface area contributed by atoms with E-state index in [4.69, 9.17) is 4.74 Å². The molecule has 1 aliphatic rings. The number of esters is 1. The summed E-state index contributed by atoms with van der Waals surface area (Å²) < 4.78 is 9.94. The first-order valence-corrected chi connectivity index (χ1v) is 4.85. The van der Waals surface area contributed by atoms with E-state index in [9.17, 15) is 4.79 Å². The Morgan fingerprint density at radius 3 is 3.14 bits per heavy atom. The van der Waals surface area contributed by atoms with Gasteiger partial charge >= 0.3 is 5.97 Å². The van der Waals surface area contributed by atoms with Crippen LogP contribution in [0.3, 0.4) is 0 Å². The second-order valence-corrected chi connectivity index (χ2v) is 3.36. The monoisotopic (exact) mass is 199 g/mol. The Morgan fingerprint density at radius 2 is 2.57 bits per heavy atom. The minimum Gasteiger partial charge on any atom is -0.497 e. The van der Waals surface area contributed by atoms with Crippen molar-refractivity contribution in [2.75, 3.05) is 13.7 Å². The molecule has 1 aliphatic heterocycles. The molecule has 0 bridgehead atoms. The third kappa shape index (κ3) is 3.38. The Hall–Kier alpha value is -1.03. The zero-order valence-corrected chi connectivity index (χ0v) is 8.66. The molecule has 0 aromatic carbocycles. The number of carbonyl (C=O) groups excluding carboxylic acids is 1. The average molecular weight is 199 g/mol. The minimum absolute atomic E-state index is 0.173. The molecule has 0 saturated carbocycles. The summed E-state index contributed by atoms with van der Waals surface area (Å²) in [5.41, 5.74) is 0. The highest BCUT2D eigenvalue weighted by Crippen LogP contribution is 2.09. The second kappa shape index (κ2) is 5.65. The summed E-state index contributed by atoms with van der Waals surface area (Å²) >= 11 is 0. The highest BCUT2D eigenvalue weighted by atomic mass is 16.5. The van der Waals surface area contributed by atoms with Crippen LogP contribution in [0.1, 0.15) is 19.8 Å². The van der Waals surface area contributed by atoms with Gasteiger partial charge in [0.15, 0.2) is 0 Å². The van der Waals surface area contributed by atoms with Gasteiger partial charge in [-0.05, 0) is 25.8 Å². The van der Waals surface area contributed by atoms with Gasteiger partial charge in [-0.25, -0.2) is 0 Å². The average Bonchev–Trinajstić information content (AvgIpc) is 2.26. The fourth-order valence-electron chi connectivity index (χ4n) is 1.30. The molecule has 14 heavy (non-hydrogen) atoms. The van der Waals surface area contributed by atoms with E-state index >= 15 is 0 Å². The van der Waals surface area contributed by atoms with Gasteiger partial charge < -0.3 is 14.8 Å². The van der Waals surface area contributed by atoms with E-state index in [1.54, 1.807) is 13.2 Å². The Balaban J connectivity index is 2.19. The summed E-state index contributed by atoms with van der Waals surface area (Å²) in [5, 5.41) is 3.07. The SMILES string of the molecule is COC(=O)[C@H](C)NCC1CCC=CO1. The minimum atomic E-state index is -0.269. The molecule has 0 fully saturated rings. The van der Waals surface area contributed by atoms with Gasteiger partial charge in [0.2, 0.25) is 0 Å². The molecule has 4 nitrogen and oxygen atoms in total. The zero-order chi connectivity index (χ0) is 10.4. The molecule has 4 heteroatoms. The molecule has 1 heterocycles. The Kier molecular flexibility index (Phi) is 4.46. The van der Waals surface area contributed by atoms with E-state index in [1.165, 1.54) is 7.11 Å². The van der Waals surface area contributed by atoms with Crippen LogP contribution in [-0.2, 0) is 14.3 Å². The van der Waals surface area contributed by atoms with Crippen molar-refractivity contribution in [2.24, 2.45) is 0 Å². The van der Waals surface area contributed by atoms with Gasteiger partial charge in [0.25, 0.3) is 0 Å². The third-order valence-corrected chi connectivity index (χ3v) is 2.23. The second-order valence-electron chi connectivity index (χ2n) is 3.36. The maximum atomic E-state index is 11.0. The van der Waals surface area contributed by atoms with Gasteiger partial charge in [-0.1, -0.05) is 0 Å². The molecule has 0 spiro atoms. The summed E-state index contributed by atoms with van der Waals surface area (Å²) in [6.45, 7) is 2.46. The van der Waals surface area contributed by atoms with Gasteiger partial charge in [-0.15, -0.1) is 0 Å². The first kappa shape index (κ1) is 11.0. The fraction of sp³-hybridized carbons (Fsp3) is 0.700. The molecule has 1 unspecified atom stereocenters. The fourth-order valence-corrected chi connectivity index (χ4v) is 1.30. The van der Waals surface area contributed by atoms with E-state index < -0.39 is 0 Å². The molecule has 0 aromatic heterocycles. The van der Waals surface area contributed by atoms with Crippen molar-refractivity contribution in [1.82, 2.24) is 5.32 Å². The predicted molar refractivity (Wildman–Crippen MR) is 52.7 cm³/mol. The van der Waals surface area contributed by atoms with E-state index in [-0.39, 0.29) is 18.1 Å². The van der Waals surface area contributed by atoms with Crippen LogP contribution in [0.5, 0.6) is 0 Å². The predicted octanol–water partition coefficient (Wildman–Crippen LogP) is 0.830. The summed E-state index contributed by atoms with van der Waals surface area (Å²) in [6, 6.07) is -0.269. The van der Waals surface area contributed by atoms with E-state index in [2.05, 4.69) is 10.1 Å². The maximum absolute atomic E-state index is 11.0. The molecule has 0 aromatic rings. The first-order chi connectivity index (χ1) is 6.74. The number of ether oxygens (including phenoxy) is 2. The molecule has 2 atom stereocenters. The van der Waals surface area contributed by atoms with Crippen LogP contribution in [0.15, 0.2) is 12.3 Å². The normalized spacial score (nSPS) is 22.6. The Bertz CT molecular complexity index is 215. The number of rotatable bonds is 4. The number of hydrogen-bond donors (Lipinski definition) is 1. The molecule has 0 radical (unpaired) electrons. The lowest BCUT2D eigenvalue weighted by Crippen LogP contribution is -2.40. The van der Waals surface area contributed by atoms with Gasteiger partial charge in [-0.2, -0.15) is 0 Å². The molecule has 80 valence electrons. The lowest BCUT2D eigenvalue weighted by Gasteiger charge is -2.21. The van der Waals surface area contributed by atoms with Crippen molar-refractivity contribution in [1.29, 1.82) is 0 Å². The smallest absolute Gasteiger partial charge is 0.322 e. The van der Waals surface area contributed by atoms with Crippen LogP contribution < -0.4 is 5.32 Å². The Morgan fingerprint density at radius 1 is 1.79 bits per heavy atom. The van der Waals surface area contributed by atoms with Gasteiger partial charge in [0, 0.05) is 6.54 Å². The molecule has 1 N–H and O–H groups in total.